The van der Waals surface area contributed by atoms with E-state index < -0.39 is 23.3 Å². The minimum Gasteiger partial charge on any atom is -0.443 e. The van der Waals surface area contributed by atoms with E-state index in [0.29, 0.717) is 27.7 Å². The molecule has 0 aliphatic rings. The molecule has 27 heavy (non-hydrogen) atoms. The number of hydrogen-bond donors (Lipinski definition) is 1. The molecule has 0 aliphatic heterocycles. The number of pyridine rings is 1. The van der Waals surface area contributed by atoms with E-state index in [9.17, 15) is 14.0 Å². The van der Waals surface area contributed by atoms with Crippen LogP contribution in [0.15, 0.2) is 45.9 Å². The monoisotopic (exact) mass is 369 g/mol. The summed E-state index contributed by atoms with van der Waals surface area (Å²) in [6.45, 7) is 5.26. The number of rotatable bonds is 1. The van der Waals surface area contributed by atoms with E-state index in [1.54, 1.807) is 45.3 Å². The molecule has 0 saturated carbocycles. The van der Waals surface area contributed by atoms with E-state index in [1.165, 1.54) is 16.7 Å². The van der Waals surface area contributed by atoms with Crippen LogP contribution in [0.1, 0.15) is 20.8 Å². The highest BCUT2D eigenvalue weighted by atomic mass is 19.1. The Labute approximate surface area is 152 Å². The summed E-state index contributed by atoms with van der Waals surface area (Å²) in [4.78, 5) is 30.6. The Morgan fingerprint density at radius 2 is 2.07 bits per heavy atom. The average Bonchev–Trinajstić information content (AvgIpc) is 3.11. The molecule has 0 saturated heterocycles. The Hall–Kier alpha value is -3.42. The fraction of sp³-hybridized carbons (Fsp3) is 0.211. The maximum Gasteiger partial charge on any atom is 0.419 e. The molecule has 7 nitrogen and oxygen atoms in total. The molecule has 0 atom stereocenters. The number of halogens is 1. The Morgan fingerprint density at radius 1 is 1.30 bits per heavy atom. The SMILES string of the molecule is CC(C)(C)OC(=O)n1cc(-c2cnc3[nH]c(=O)oc3c2)c2ccc(F)cc21. The highest BCUT2D eigenvalue weighted by Crippen LogP contribution is 2.32. The van der Waals surface area contributed by atoms with Gasteiger partial charge in [-0.05, 0) is 45.0 Å². The van der Waals surface area contributed by atoms with Gasteiger partial charge in [0, 0.05) is 28.9 Å². The maximum atomic E-state index is 13.8. The molecule has 0 bridgehead atoms. The first kappa shape index (κ1) is 17.0. The van der Waals surface area contributed by atoms with E-state index >= 15 is 0 Å². The number of carbonyl (C=O) groups is 1. The number of H-pyrrole nitrogens is 1. The van der Waals surface area contributed by atoms with Crippen LogP contribution < -0.4 is 5.76 Å². The molecule has 3 heterocycles. The zero-order valence-corrected chi connectivity index (χ0v) is 14.9. The molecule has 0 aliphatic carbocycles. The van der Waals surface area contributed by atoms with Gasteiger partial charge in [0.1, 0.15) is 11.4 Å². The van der Waals surface area contributed by atoms with Crippen molar-refractivity contribution in [2.45, 2.75) is 26.4 Å². The molecule has 8 heteroatoms. The van der Waals surface area contributed by atoms with Crippen LogP contribution in [-0.4, -0.2) is 26.2 Å². The third-order valence-corrected chi connectivity index (χ3v) is 3.94. The van der Waals surface area contributed by atoms with Crippen molar-refractivity contribution in [3.05, 3.63) is 53.0 Å². The predicted molar refractivity (Wildman–Crippen MR) is 97.2 cm³/mol. The zero-order valence-electron chi connectivity index (χ0n) is 14.9. The minimum absolute atomic E-state index is 0.290. The molecule has 3 aromatic heterocycles. The van der Waals surface area contributed by atoms with Gasteiger partial charge < -0.3 is 9.15 Å². The van der Waals surface area contributed by atoms with E-state index in [1.807, 2.05) is 0 Å². The second-order valence-electron chi connectivity index (χ2n) is 7.14. The third-order valence-electron chi connectivity index (χ3n) is 3.94. The molecule has 1 aromatic carbocycles. The van der Waals surface area contributed by atoms with E-state index in [-0.39, 0.29) is 5.58 Å². The van der Waals surface area contributed by atoms with Crippen LogP contribution in [0.5, 0.6) is 0 Å². The number of hydrogen-bond acceptors (Lipinski definition) is 5. The largest absolute Gasteiger partial charge is 0.443 e. The van der Waals surface area contributed by atoms with Gasteiger partial charge in [0.05, 0.1) is 5.52 Å². The maximum absolute atomic E-state index is 13.8. The quantitative estimate of drug-likeness (QED) is 0.546. The van der Waals surface area contributed by atoms with Crippen LogP contribution >= 0.6 is 0 Å². The van der Waals surface area contributed by atoms with Crippen LogP contribution in [0.3, 0.4) is 0 Å². The van der Waals surface area contributed by atoms with Crippen LogP contribution in [0.2, 0.25) is 0 Å². The molecule has 0 fully saturated rings. The van der Waals surface area contributed by atoms with Crippen molar-refractivity contribution in [2.75, 3.05) is 0 Å². The number of aromatic nitrogens is 3. The van der Waals surface area contributed by atoms with Gasteiger partial charge in [-0.1, -0.05) is 0 Å². The van der Waals surface area contributed by atoms with Gasteiger partial charge in [-0.25, -0.2) is 19.0 Å². The number of oxazole rings is 1. The van der Waals surface area contributed by atoms with Crippen molar-refractivity contribution < 1.29 is 18.3 Å². The number of benzene rings is 1. The Balaban J connectivity index is 1.92. The number of nitrogens with zero attached hydrogens (tertiary/aromatic N) is 2. The van der Waals surface area contributed by atoms with Crippen LogP contribution in [0, 0.1) is 5.82 Å². The lowest BCUT2D eigenvalue weighted by molar-refractivity contribution is 0.0544. The molecular formula is C19H16FN3O4. The summed E-state index contributed by atoms with van der Waals surface area (Å²) in [5, 5.41) is 0.640. The van der Waals surface area contributed by atoms with Crippen molar-refractivity contribution in [3.63, 3.8) is 0 Å². The summed E-state index contributed by atoms with van der Waals surface area (Å²) < 4.78 is 25.5. The standard InChI is InChI=1S/C19H16FN3O4/c1-19(2,3)27-18(25)23-9-13(12-5-4-11(20)7-14(12)23)10-6-15-16(21-8-10)22-17(24)26-15/h4-9H,1-3H3,(H,21,22,24). The minimum atomic E-state index is -0.698. The predicted octanol–water partition coefficient (Wildman–Crippen LogP) is 4.06. The van der Waals surface area contributed by atoms with Gasteiger partial charge in [0.2, 0.25) is 0 Å². The van der Waals surface area contributed by atoms with Crippen molar-refractivity contribution >= 4 is 28.2 Å². The normalized spacial score (nSPS) is 12.0. The number of nitrogens with one attached hydrogen (secondary N) is 1. The lowest BCUT2D eigenvalue weighted by Gasteiger charge is -2.19. The van der Waals surface area contributed by atoms with Crippen LogP contribution in [-0.2, 0) is 4.74 Å². The van der Waals surface area contributed by atoms with Crippen LogP contribution in [0.25, 0.3) is 33.3 Å². The Kier molecular flexibility index (Phi) is 3.66. The van der Waals surface area contributed by atoms with Crippen molar-refractivity contribution in [1.29, 1.82) is 0 Å². The number of fused-ring (bicyclic) bond motifs is 2. The first-order valence-corrected chi connectivity index (χ1v) is 8.24. The van der Waals surface area contributed by atoms with Gasteiger partial charge in [-0.3, -0.25) is 9.55 Å². The fourth-order valence-electron chi connectivity index (χ4n) is 2.88. The van der Waals surface area contributed by atoms with Crippen LogP contribution in [0.4, 0.5) is 9.18 Å². The van der Waals surface area contributed by atoms with Crippen molar-refractivity contribution in [3.8, 4) is 11.1 Å². The summed E-state index contributed by atoms with van der Waals surface area (Å²) in [6.07, 6.45) is 2.49. The number of carbonyl (C=O) groups excluding carboxylic acids is 1. The molecule has 4 rings (SSSR count). The number of ether oxygens (including phenoxy) is 1. The summed E-state index contributed by atoms with van der Waals surface area (Å²) in [5.41, 5.74) is 1.53. The van der Waals surface area contributed by atoms with E-state index in [4.69, 9.17) is 9.15 Å². The van der Waals surface area contributed by atoms with Crippen molar-refractivity contribution in [1.82, 2.24) is 14.5 Å². The molecule has 0 unspecified atom stereocenters. The highest BCUT2D eigenvalue weighted by Gasteiger charge is 2.22. The second-order valence-corrected chi connectivity index (χ2v) is 7.14. The molecule has 0 spiro atoms. The molecule has 138 valence electrons. The first-order chi connectivity index (χ1) is 12.7. The second kappa shape index (κ2) is 5.80. The zero-order chi connectivity index (χ0) is 19.3. The molecule has 4 aromatic rings. The molecule has 0 radical (unpaired) electrons. The number of aromatic amines is 1. The van der Waals surface area contributed by atoms with Gasteiger partial charge in [0.15, 0.2) is 11.2 Å². The summed E-state index contributed by atoms with van der Waals surface area (Å²) >= 11 is 0. The van der Waals surface area contributed by atoms with Gasteiger partial charge >= 0.3 is 11.8 Å². The van der Waals surface area contributed by atoms with Gasteiger partial charge in [-0.2, -0.15) is 0 Å². The Morgan fingerprint density at radius 3 is 2.81 bits per heavy atom. The molecule has 0 amide bonds. The molecular weight excluding hydrogens is 353 g/mol. The molecule has 1 N–H and O–H groups in total. The van der Waals surface area contributed by atoms with Crippen molar-refractivity contribution in [2.24, 2.45) is 0 Å². The lowest BCUT2D eigenvalue weighted by Crippen LogP contribution is -2.26. The van der Waals surface area contributed by atoms with E-state index in [2.05, 4.69) is 9.97 Å². The summed E-state index contributed by atoms with van der Waals surface area (Å²) in [5.74, 6) is -1.07. The highest BCUT2D eigenvalue weighted by molar-refractivity contribution is 6.01. The smallest absolute Gasteiger partial charge is 0.419 e. The average molecular weight is 369 g/mol. The Bertz CT molecular complexity index is 1240. The fourth-order valence-corrected chi connectivity index (χ4v) is 2.88. The lowest BCUT2D eigenvalue weighted by atomic mass is 10.1. The summed E-state index contributed by atoms with van der Waals surface area (Å²) in [6, 6.07) is 5.80. The van der Waals surface area contributed by atoms with E-state index in [0.717, 1.165) is 0 Å². The summed E-state index contributed by atoms with van der Waals surface area (Å²) in [7, 11) is 0. The first-order valence-electron chi connectivity index (χ1n) is 8.24. The van der Waals surface area contributed by atoms with Gasteiger partial charge in [0.25, 0.3) is 0 Å². The third kappa shape index (κ3) is 3.10. The topological polar surface area (TPSA) is 90.1 Å². The van der Waals surface area contributed by atoms with Gasteiger partial charge in [-0.15, -0.1) is 0 Å².